The minimum atomic E-state index is 0.190. The van der Waals surface area contributed by atoms with Gasteiger partial charge in [-0.25, -0.2) is 4.98 Å². The van der Waals surface area contributed by atoms with Crippen molar-refractivity contribution in [3.8, 4) is 0 Å². The Labute approximate surface area is 75.8 Å². The minimum absolute atomic E-state index is 0.190. The van der Waals surface area contributed by atoms with Crippen LogP contribution in [0.5, 0.6) is 0 Å². The zero-order valence-electron chi connectivity index (χ0n) is 7.20. The van der Waals surface area contributed by atoms with Crippen molar-refractivity contribution >= 4 is 21.5 Å². The molecule has 1 aromatic heterocycles. The third-order valence-corrected chi connectivity index (χ3v) is 2.25. The zero-order valence-corrected chi connectivity index (χ0v) is 8.02. The Kier molecular flexibility index (Phi) is 3.31. The van der Waals surface area contributed by atoms with Crippen LogP contribution in [0.3, 0.4) is 0 Å². The highest BCUT2D eigenvalue weighted by atomic mass is 32.1. The average molecular weight is 187 g/mol. The Morgan fingerprint density at radius 2 is 2.58 bits per heavy atom. The van der Waals surface area contributed by atoms with Crippen LogP contribution in [-0.2, 0) is 4.74 Å². The normalized spacial score (nSPS) is 12.8. The first kappa shape index (κ1) is 9.28. The Bertz CT molecular complexity index is 238. The van der Waals surface area contributed by atoms with E-state index in [4.69, 9.17) is 10.5 Å². The minimum Gasteiger partial charge on any atom is -0.389 e. The fourth-order valence-electron chi connectivity index (χ4n) is 0.683. The van der Waals surface area contributed by atoms with Gasteiger partial charge in [0.1, 0.15) is 5.00 Å². The first-order chi connectivity index (χ1) is 5.72. The molecule has 1 aromatic rings. The molecule has 0 bridgehead atoms. The van der Waals surface area contributed by atoms with Crippen molar-refractivity contribution in [3.05, 3.63) is 6.20 Å². The van der Waals surface area contributed by atoms with Crippen molar-refractivity contribution < 1.29 is 4.74 Å². The van der Waals surface area contributed by atoms with E-state index in [1.54, 1.807) is 13.3 Å². The van der Waals surface area contributed by atoms with E-state index in [1.165, 1.54) is 11.3 Å². The lowest BCUT2D eigenvalue weighted by atomic mass is 10.4. The van der Waals surface area contributed by atoms with Gasteiger partial charge in [-0.2, -0.15) is 0 Å². The predicted molar refractivity (Wildman–Crippen MR) is 51.5 cm³/mol. The largest absolute Gasteiger partial charge is 0.389 e. The van der Waals surface area contributed by atoms with Crippen LogP contribution >= 0.6 is 11.3 Å². The van der Waals surface area contributed by atoms with E-state index in [1.807, 2.05) is 6.92 Å². The maximum Gasteiger partial charge on any atom is 0.184 e. The Balaban J connectivity index is 2.33. The third kappa shape index (κ3) is 2.67. The second-order valence-electron chi connectivity index (χ2n) is 2.50. The summed E-state index contributed by atoms with van der Waals surface area (Å²) in [4.78, 5) is 4.05. The number of nitrogens with one attached hydrogen (secondary N) is 1. The zero-order chi connectivity index (χ0) is 8.97. The molecule has 3 N–H and O–H groups in total. The molecule has 0 fully saturated rings. The van der Waals surface area contributed by atoms with Crippen molar-refractivity contribution in [1.29, 1.82) is 0 Å². The summed E-state index contributed by atoms with van der Waals surface area (Å²) in [6.07, 6.45) is 1.83. The number of hydrogen-bond acceptors (Lipinski definition) is 5. The summed E-state index contributed by atoms with van der Waals surface area (Å²) in [7, 11) is 1.68. The molecule has 68 valence electrons. The maximum absolute atomic E-state index is 5.50. The van der Waals surface area contributed by atoms with Crippen LogP contribution in [-0.4, -0.2) is 24.7 Å². The second-order valence-corrected chi connectivity index (χ2v) is 3.56. The first-order valence-corrected chi connectivity index (χ1v) is 4.52. The molecule has 0 radical (unpaired) electrons. The number of hydrogen-bond donors (Lipinski definition) is 2. The topological polar surface area (TPSA) is 60.2 Å². The number of ether oxygens (including phenoxy) is 1. The van der Waals surface area contributed by atoms with E-state index in [2.05, 4.69) is 10.3 Å². The second kappa shape index (κ2) is 4.27. The van der Waals surface area contributed by atoms with E-state index in [0.717, 1.165) is 16.7 Å². The Morgan fingerprint density at radius 3 is 3.08 bits per heavy atom. The standard InChI is InChI=1S/C7H13N3OS/c1-5(11-2)3-9-7-10-4-6(8)12-7/h4-5H,3,8H2,1-2H3,(H,9,10). The molecule has 0 saturated carbocycles. The van der Waals surface area contributed by atoms with Crippen LogP contribution in [0.25, 0.3) is 0 Å². The van der Waals surface area contributed by atoms with Crippen LogP contribution < -0.4 is 11.1 Å². The summed E-state index contributed by atoms with van der Waals surface area (Å²) >= 11 is 1.44. The lowest BCUT2D eigenvalue weighted by Crippen LogP contribution is -2.17. The average Bonchev–Trinajstić information content (AvgIpc) is 2.47. The van der Waals surface area contributed by atoms with Gasteiger partial charge < -0.3 is 15.8 Å². The summed E-state index contributed by atoms with van der Waals surface area (Å²) < 4.78 is 5.06. The van der Waals surface area contributed by atoms with Gasteiger partial charge in [-0.3, -0.25) is 0 Å². The van der Waals surface area contributed by atoms with Gasteiger partial charge in [0.2, 0.25) is 0 Å². The van der Waals surface area contributed by atoms with Crippen molar-refractivity contribution in [1.82, 2.24) is 4.98 Å². The van der Waals surface area contributed by atoms with Crippen LogP contribution in [0, 0.1) is 0 Å². The predicted octanol–water partition coefficient (Wildman–Crippen LogP) is 1.17. The van der Waals surface area contributed by atoms with Crippen LogP contribution in [0.2, 0.25) is 0 Å². The summed E-state index contributed by atoms with van der Waals surface area (Å²) in [5.41, 5.74) is 5.50. The molecular weight excluding hydrogens is 174 g/mol. The van der Waals surface area contributed by atoms with E-state index in [0.29, 0.717) is 0 Å². The number of thiazole rings is 1. The highest BCUT2D eigenvalue weighted by Gasteiger charge is 2.01. The molecule has 0 saturated heterocycles. The highest BCUT2D eigenvalue weighted by molar-refractivity contribution is 7.19. The lowest BCUT2D eigenvalue weighted by Gasteiger charge is -2.08. The van der Waals surface area contributed by atoms with Crippen molar-refractivity contribution in [2.45, 2.75) is 13.0 Å². The molecule has 0 amide bonds. The monoisotopic (exact) mass is 187 g/mol. The molecule has 1 rings (SSSR count). The van der Waals surface area contributed by atoms with Gasteiger partial charge in [-0.15, -0.1) is 0 Å². The smallest absolute Gasteiger partial charge is 0.184 e. The van der Waals surface area contributed by atoms with Crippen molar-refractivity contribution in [2.24, 2.45) is 0 Å². The maximum atomic E-state index is 5.50. The van der Waals surface area contributed by atoms with Crippen molar-refractivity contribution in [3.63, 3.8) is 0 Å². The molecule has 0 aliphatic rings. The number of nitrogens with two attached hydrogens (primary N) is 1. The fraction of sp³-hybridized carbons (Fsp3) is 0.571. The molecule has 5 heteroatoms. The summed E-state index contributed by atoms with van der Waals surface area (Å²) in [5, 5.41) is 4.69. The van der Waals surface area contributed by atoms with E-state index in [9.17, 15) is 0 Å². The highest BCUT2D eigenvalue weighted by Crippen LogP contribution is 2.19. The molecular formula is C7H13N3OS. The number of aromatic nitrogens is 1. The molecule has 0 aromatic carbocycles. The summed E-state index contributed by atoms with van der Waals surface area (Å²) in [6.45, 7) is 2.74. The molecule has 0 aliphatic carbocycles. The molecule has 12 heavy (non-hydrogen) atoms. The van der Waals surface area contributed by atoms with Crippen LogP contribution in [0.4, 0.5) is 10.1 Å². The summed E-state index contributed by atoms with van der Waals surface area (Å²) in [5.74, 6) is 0. The number of methoxy groups -OCH3 is 1. The first-order valence-electron chi connectivity index (χ1n) is 3.70. The van der Waals surface area contributed by atoms with Gasteiger partial charge in [0.25, 0.3) is 0 Å². The SMILES string of the molecule is COC(C)CNc1ncc(N)s1. The van der Waals surface area contributed by atoms with Crippen molar-refractivity contribution in [2.75, 3.05) is 24.7 Å². The molecule has 4 nitrogen and oxygen atoms in total. The van der Waals surface area contributed by atoms with Crippen LogP contribution in [0.15, 0.2) is 6.20 Å². The molecule has 1 heterocycles. The third-order valence-electron chi connectivity index (χ3n) is 1.47. The fourth-order valence-corrected chi connectivity index (χ4v) is 1.27. The van der Waals surface area contributed by atoms with Gasteiger partial charge in [0, 0.05) is 13.7 Å². The van der Waals surface area contributed by atoms with Crippen LogP contribution in [0.1, 0.15) is 6.92 Å². The summed E-state index contributed by atoms with van der Waals surface area (Å²) in [6, 6.07) is 0. The van der Waals surface area contributed by atoms with Gasteiger partial charge in [-0.05, 0) is 6.92 Å². The van der Waals surface area contributed by atoms with Gasteiger partial charge in [-0.1, -0.05) is 11.3 Å². The van der Waals surface area contributed by atoms with E-state index >= 15 is 0 Å². The number of anilines is 2. The number of rotatable bonds is 4. The van der Waals surface area contributed by atoms with E-state index < -0.39 is 0 Å². The molecule has 1 unspecified atom stereocenters. The van der Waals surface area contributed by atoms with E-state index in [-0.39, 0.29) is 6.10 Å². The number of nitrogen functional groups attached to an aromatic ring is 1. The number of nitrogens with zero attached hydrogens (tertiary/aromatic N) is 1. The Morgan fingerprint density at radius 1 is 1.83 bits per heavy atom. The van der Waals surface area contributed by atoms with Gasteiger partial charge in [0.15, 0.2) is 5.13 Å². The molecule has 1 atom stereocenters. The van der Waals surface area contributed by atoms with Gasteiger partial charge in [0.05, 0.1) is 12.3 Å². The molecule has 0 aliphatic heterocycles. The van der Waals surface area contributed by atoms with Gasteiger partial charge >= 0.3 is 0 Å². The molecule has 0 spiro atoms. The lowest BCUT2D eigenvalue weighted by molar-refractivity contribution is 0.129. The quantitative estimate of drug-likeness (QED) is 0.743. The Hall–Kier alpha value is -0.810.